The van der Waals surface area contributed by atoms with Gasteiger partial charge in [0, 0.05) is 0 Å². The number of benzene rings is 1. The van der Waals surface area contributed by atoms with Crippen molar-refractivity contribution in [2.45, 2.75) is 31.4 Å². The molecule has 1 aromatic rings. The lowest BCUT2D eigenvalue weighted by Gasteiger charge is -2.22. The normalized spacial score (nSPS) is 26.3. The van der Waals surface area contributed by atoms with E-state index in [1.807, 2.05) is 0 Å². The van der Waals surface area contributed by atoms with Gasteiger partial charge in [-0.1, -0.05) is 6.07 Å². The van der Waals surface area contributed by atoms with Crippen LogP contribution in [0.25, 0.3) is 0 Å². The number of rotatable bonds is 4. The van der Waals surface area contributed by atoms with Crippen LogP contribution in [-0.2, 0) is 4.79 Å². The molecule has 2 aliphatic rings. The van der Waals surface area contributed by atoms with Crippen LogP contribution in [0.15, 0.2) is 18.2 Å². The van der Waals surface area contributed by atoms with Crippen molar-refractivity contribution < 1.29 is 23.5 Å². The van der Waals surface area contributed by atoms with Crippen molar-refractivity contribution in [3.63, 3.8) is 0 Å². The second-order valence-corrected chi connectivity index (χ2v) is 6.01. The molecule has 7 heteroatoms. The van der Waals surface area contributed by atoms with E-state index in [9.17, 15) is 23.5 Å². The topological polar surface area (TPSA) is 69.6 Å². The highest BCUT2D eigenvalue weighted by atomic mass is 19.2. The van der Waals surface area contributed by atoms with Crippen molar-refractivity contribution in [3.05, 3.63) is 35.4 Å². The van der Waals surface area contributed by atoms with Crippen LogP contribution >= 0.6 is 0 Å². The number of carbonyl (C=O) groups excluding carboxylic acids is 2. The lowest BCUT2D eigenvalue weighted by Crippen LogP contribution is -2.46. The Morgan fingerprint density at radius 1 is 1.36 bits per heavy atom. The molecule has 0 radical (unpaired) electrons. The Hall–Kier alpha value is -2.02. The number of carbonyl (C=O) groups is 2. The average molecular weight is 310 g/mol. The van der Waals surface area contributed by atoms with Gasteiger partial charge in [-0.25, -0.2) is 13.6 Å². The summed E-state index contributed by atoms with van der Waals surface area (Å²) in [6.45, 7) is 1.38. The van der Waals surface area contributed by atoms with Crippen molar-refractivity contribution in [2.24, 2.45) is 5.92 Å². The highest BCUT2D eigenvalue weighted by Gasteiger charge is 2.56. The Morgan fingerprint density at radius 3 is 2.64 bits per heavy atom. The molecular formula is C15H16F2N2O3. The number of hydrogen-bond acceptors (Lipinski definition) is 3. The molecule has 2 N–H and O–H groups in total. The van der Waals surface area contributed by atoms with Gasteiger partial charge in [0.05, 0.1) is 12.6 Å². The molecule has 1 saturated heterocycles. The van der Waals surface area contributed by atoms with E-state index in [1.54, 1.807) is 6.92 Å². The summed E-state index contributed by atoms with van der Waals surface area (Å²) in [5, 5.41) is 12.8. The minimum Gasteiger partial charge on any atom is -0.387 e. The molecule has 1 aliphatic carbocycles. The van der Waals surface area contributed by atoms with Gasteiger partial charge in [-0.15, -0.1) is 0 Å². The van der Waals surface area contributed by atoms with Gasteiger partial charge in [0.15, 0.2) is 11.6 Å². The lowest BCUT2D eigenvalue weighted by atomic mass is 9.96. The Morgan fingerprint density at radius 2 is 2.05 bits per heavy atom. The number of nitrogens with zero attached hydrogens (tertiary/aromatic N) is 1. The van der Waals surface area contributed by atoms with E-state index in [2.05, 4.69) is 5.32 Å². The number of aliphatic hydroxyl groups excluding tert-OH is 1. The Kier molecular flexibility index (Phi) is 3.40. The molecule has 1 aromatic carbocycles. The van der Waals surface area contributed by atoms with Crippen LogP contribution in [0.2, 0.25) is 0 Å². The van der Waals surface area contributed by atoms with Crippen molar-refractivity contribution >= 4 is 11.9 Å². The highest BCUT2D eigenvalue weighted by molar-refractivity contribution is 6.07. The Balaban J connectivity index is 1.76. The first-order valence-electron chi connectivity index (χ1n) is 7.10. The molecule has 1 aliphatic heterocycles. The summed E-state index contributed by atoms with van der Waals surface area (Å²) in [6, 6.07) is 2.41. The van der Waals surface area contributed by atoms with Crippen LogP contribution in [-0.4, -0.2) is 34.0 Å². The fraction of sp³-hybridized carbons (Fsp3) is 0.467. The molecule has 2 fully saturated rings. The first kappa shape index (κ1) is 14.9. The molecule has 1 heterocycles. The monoisotopic (exact) mass is 310 g/mol. The van der Waals surface area contributed by atoms with Crippen LogP contribution in [0.3, 0.4) is 0 Å². The fourth-order valence-corrected chi connectivity index (χ4v) is 2.82. The first-order chi connectivity index (χ1) is 10.3. The summed E-state index contributed by atoms with van der Waals surface area (Å²) >= 11 is 0. The third-order valence-corrected chi connectivity index (χ3v) is 4.38. The van der Waals surface area contributed by atoms with Crippen LogP contribution in [0.1, 0.15) is 31.4 Å². The van der Waals surface area contributed by atoms with E-state index >= 15 is 0 Å². The lowest BCUT2D eigenvalue weighted by molar-refractivity contribution is -0.132. The number of nitrogens with one attached hydrogen (secondary N) is 1. The molecule has 5 nitrogen and oxygen atoms in total. The third kappa shape index (κ3) is 2.35. The average Bonchev–Trinajstić information content (AvgIpc) is 3.28. The highest BCUT2D eigenvalue weighted by Crippen LogP contribution is 2.42. The summed E-state index contributed by atoms with van der Waals surface area (Å²) in [6.07, 6.45) is 0.482. The quantitative estimate of drug-likeness (QED) is 0.832. The van der Waals surface area contributed by atoms with E-state index in [-0.39, 0.29) is 23.9 Å². The Bertz CT molecular complexity index is 648. The van der Waals surface area contributed by atoms with Gasteiger partial charge in [0.1, 0.15) is 5.54 Å². The molecule has 3 amide bonds. The van der Waals surface area contributed by atoms with Gasteiger partial charge in [-0.3, -0.25) is 9.69 Å². The summed E-state index contributed by atoms with van der Waals surface area (Å²) in [4.78, 5) is 25.3. The number of imide groups is 1. The number of hydrogen-bond donors (Lipinski definition) is 2. The van der Waals surface area contributed by atoms with E-state index in [0.29, 0.717) is 0 Å². The second-order valence-electron chi connectivity index (χ2n) is 6.01. The number of aliphatic hydroxyl groups is 1. The van der Waals surface area contributed by atoms with Gasteiger partial charge in [-0.2, -0.15) is 0 Å². The number of halogens is 2. The number of amides is 3. The van der Waals surface area contributed by atoms with Crippen LogP contribution < -0.4 is 5.32 Å². The number of β-amino-alcohol motifs (C(OH)–C–C–N with tert-alkyl or cyclic N) is 1. The Labute approximate surface area is 125 Å². The molecule has 0 aromatic heterocycles. The van der Waals surface area contributed by atoms with E-state index in [1.165, 1.54) is 6.07 Å². The minimum atomic E-state index is -1.27. The summed E-state index contributed by atoms with van der Waals surface area (Å²) in [5.41, 5.74) is -0.815. The third-order valence-electron chi connectivity index (χ3n) is 4.38. The van der Waals surface area contributed by atoms with E-state index in [0.717, 1.165) is 29.9 Å². The summed E-state index contributed by atoms with van der Waals surface area (Å²) < 4.78 is 26.1. The zero-order chi connectivity index (χ0) is 16.1. The fourth-order valence-electron chi connectivity index (χ4n) is 2.82. The van der Waals surface area contributed by atoms with Crippen molar-refractivity contribution in [1.82, 2.24) is 10.2 Å². The van der Waals surface area contributed by atoms with Gasteiger partial charge >= 0.3 is 6.03 Å². The molecule has 2 atom stereocenters. The maximum Gasteiger partial charge on any atom is 0.325 e. The molecule has 22 heavy (non-hydrogen) atoms. The van der Waals surface area contributed by atoms with Crippen LogP contribution in [0, 0.1) is 17.6 Å². The summed E-state index contributed by atoms with van der Waals surface area (Å²) in [5.74, 6) is -2.38. The minimum absolute atomic E-state index is 0.111. The number of urea groups is 1. The maximum atomic E-state index is 13.2. The van der Waals surface area contributed by atoms with E-state index in [4.69, 9.17) is 0 Å². The zero-order valence-electron chi connectivity index (χ0n) is 12.0. The van der Waals surface area contributed by atoms with Crippen molar-refractivity contribution in [3.8, 4) is 0 Å². The van der Waals surface area contributed by atoms with Crippen LogP contribution in [0.5, 0.6) is 0 Å². The molecule has 1 saturated carbocycles. The SMILES string of the molecule is CC1(C2CC2)NC(=O)N(CC(O)c2ccc(F)c(F)c2)C1=O. The largest absolute Gasteiger partial charge is 0.387 e. The predicted molar refractivity (Wildman–Crippen MR) is 72.7 cm³/mol. The first-order valence-corrected chi connectivity index (χ1v) is 7.10. The van der Waals surface area contributed by atoms with Crippen molar-refractivity contribution in [2.75, 3.05) is 6.54 Å². The molecule has 3 rings (SSSR count). The molecule has 118 valence electrons. The smallest absolute Gasteiger partial charge is 0.325 e. The van der Waals surface area contributed by atoms with Crippen molar-refractivity contribution in [1.29, 1.82) is 0 Å². The van der Waals surface area contributed by atoms with E-state index < -0.39 is 29.3 Å². The maximum absolute atomic E-state index is 13.2. The van der Waals surface area contributed by atoms with Crippen LogP contribution in [0.4, 0.5) is 13.6 Å². The summed E-state index contributed by atoms with van der Waals surface area (Å²) in [7, 11) is 0. The molecule has 0 bridgehead atoms. The molecule has 2 unspecified atom stereocenters. The van der Waals surface area contributed by atoms with Gasteiger partial charge in [0.2, 0.25) is 0 Å². The predicted octanol–water partition coefficient (Wildman–Crippen LogP) is 1.72. The zero-order valence-corrected chi connectivity index (χ0v) is 12.0. The standard InChI is InChI=1S/C15H16F2N2O3/c1-15(9-3-4-9)13(21)19(14(22)18-15)7-12(20)8-2-5-10(16)11(17)6-8/h2,5-6,9,12,20H,3-4,7H2,1H3,(H,18,22). The second kappa shape index (κ2) is 5.01. The van der Waals surface area contributed by atoms with Gasteiger partial charge in [0.25, 0.3) is 5.91 Å². The molecular weight excluding hydrogens is 294 g/mol. The van der Waals surface area contributed by atoms with Gasteiger partial charge in [-0.05, 0) is 43.4 Å². The molecule has 0 spiro atoms. The van der Waals surface area contributed by atoms with Gasteiger partial charge < -0.3 is 10.4 Å².